The molecule has 1 aromatic rings. The number of sulfonamides is 1. The summed E-state index contributed by atoms with van der Waals surface area (Å²) in [5, 5.41) is 2.80. The zero-order valence-corrected chi connectivity index (χ0v) is 13.3. The third kappa shape index (κ3) is 5.13. The lowest BCUT2D eigenvalue weighted by Crippen LogP contribution is -2.38. The second-order valence-electron chi connectivity index (χ2n) is 5.65. The number of nitrogens with zero attached hydrogens (tertiary/aromatic N) is 1. The fraction of sp³-hybridized carbons (Fsp3) is 0.533. The van der Waals surface area contributed by atoms with E-state index in [-0.39, 0.29) is 11.8 Å². The van der Waals surface area contributed by atoms with Gasteiger partial charge in [-0.1, -0.05) is 29.8 Å². The van der Waals surface area contributed by atoms with E-state index >= 15 is 0 Å². The van der Waals surface area contributed by atoms with E-state index in [1.54, 1.807) is 0 Å². The largest absolute Gasteiger partial charge is 0.355 e. The van der Waals surface area contributed by atoms with Crippen molar-refractivity contribution in [2.45, 2.75) is 26.3 Å². The van der Waals surface area contributed by atoms with Gasteiger partial charge in [-0.15, -0.1) is 0 Å². The summed E-state index contributed by atoms with van der Waals surface area (Å²) in [6.45, 7) is 2.98. The second kappa shape index (κ2) is 6.58. The molecule has 6 heteroatoms. The maximum absolute atomic E-state index is 11.8. The van der Waals surface area contributed by atoms with Crippen LogP contribution >= 0.6 is 0 Å². The molecule has 0 bridgehead atoms. The molecule has 21 heavy (non-hydrogen) atoms. The Morgan fingerprint density at radius 1 is 1.29 bits per heavy atom. The van der Waals surface area contributed by atoms with Crippen LogP contribution in [0.4, 0.5) is 0 Å². The van der Waals surface area contributed by atoms with Crippen LogP contribution in [-0.4, -0.2) is 38.0 Å². The van der Waals surface area contributed by atoms with Gasteiger partial charge in [0, 0.05) is 25.6 Å². The van der Waals surface area contributed by atoms with Crippen LogP contribution in [0.1, 0.15) is 24.0 Å². The van der Waals surface area contributed by atoms with Gasteiger partial charge in [0.2, 0.25) is 15.9 Å². The molecule has 1 aromatic carbocycles. The minimum absolute atomic E-state index is 0.0405. The highest BCUT2D eigenvalue weighted by Crippen LogP contribution is 2.28. The molecular weight excluding hydrogens is 288 g/mol. The summed E-state index contributed by atoms with van der Waals surface area (Å²) >= 11 is 0. The van der Waals surface area contributed by atoms with E-state index in [4.69, 9.17) is 0 Å². The van der Waals surface area contributed by atoms with E-state index in [1.165, 1.54) is 10.6 Å². The van der Waals surface area contributed by atoms with Crippen LogP contribution in [0.3, 0.4) is 0 Å². The molecule has 0 saturated heterocycles. The number of hydrogen-bond donors (Lipinski definition) is 1. The molecule has 1 N–H and O–H groups in total. The van der Waals surface area contributed by atoms with E-state index in [2.05, 4.69) is 5.32 Å². The Morgan fingerprint density at radius 2 is 1.90 bits per heavy atom. The van der Waals surface area contributed by atoms with Gasteiger partial charge in [0.1, 0.15) is 0 Å². The summed E-state index contributed by atoms with van der Waals surface area (Å²) in [5.74, 6) is 0.188. The van der Waals surface area contributed by atoms with E-state index in [0.29, 0.717) is 19.6 Å². The number of nitrogens with one attached hydrogen (secondary N) is 1. The molecule has 5 nitrogen and oxygen atoms in total. The molecule has 0 spiro atoms. The number of benzene rings is 1. The zero-order chi connectivity index (χ0) is 15.5. The molecule has 0 radical (unpaired) electrons. The topological polar surface area (TPSA) is 66.5 Å². The molecule has 116 valence electrons. The van der Waals surface area contributed by atoms with Crippen LogP contribution < -0.4 is 5.32 Å². The van der Waals surface area contributed by atoms with Gasteiger partial charge in [0.15, 0.2) is 0 Å². The lowest BCUT2D eigenvalue weighted by Gasteiger charge is -2.20. The van der Waals surface area contributed by atoms with Gasteiger partial charge >= 0.3 is 0 Å². The zero-order valence-electron chi connectivity index (χ0n) is 12.5. The Morgan fingerprint density at radius 3 is 2.43 bits per heavy atom. The summed E-state index contributed by atoms with van der Waals surface area (Å²) < 4.78 is 25.1. The minimum atomic E-state index is -3.29. The average Bonchev–Trinajstić information content (AvgIpc) is 3.23. The SMILES string of the molecule is Cc1ccc(CN(CCNC(=O)C2CC2)S(C)(=O)=O)cc1. The summed E-state index contributed by atoms with van der Waals surface area (Å²) in [6.07, 6.45) is 3.10. The molecule has 1 saturated carbocycles. The number of carbonyl (C=O) groups is 1. The fourth-order valence-corrected chi connectivity index (χ4v) is 2.86. The quantitative estimate of drug-likeness (QED) is 0.825. The minimum Gasteiger partial charge on any atom is -0.355 e. The first-order valence-electron chi connectivity index (χ1n) is 7.14. The van der Waals surface area contributed by atoms with Crippen molar-refractivity contribution in [1.82, 2.24) is 9.62 Å². The Kier molecular flexibility index (Phi) is 5.00. The van der Waals surface area contributed by atoms with Gasteiger partial charge in [-0.25, -0.2) is 8.42 Å². The maximum atomic E-state index is 11.8. The lowest BCUT2D eigenvalue weighted by molar-refractivity contribution is -0.122. The van der Waals surface area contributed by atoms with E-state index < -0.39 is 10.0 Å². The number of carbonyl (C=O) groups excluding carboxylic acids is 1. The van der Waals surface area contributed by atoms with E-state index in [1.807, 2.05) is 31.2 Å². The molecule has 1 fully saturated rings. The Bertz CT molecular complexity index is 592. The van der Waals surface area contributed by atoms with Crippen molar-refractivity contribution < 1.29 is 13.2 Å². The van der Waals surface area contributed by atoms with Gasteiger partial charge in [0.05, 0.1) is 6.26 Å². The molecule has 1 amide bonds. The third-order valence-electron chi connectivity index (χ3n) is 3.56. The Labute approximate surface area is 126 Å². The molecule has 2 rings (SSSR count). The van der Waals surface area contributed by atoms with Gasteiger partial charge < -0.3 is 5.32 Å². The molecule has 0 aliphatic heterocycles. The van der Waals surface area contributed by atoms with Gasteiger partial charge in [-0.2, -0.15) is 4.31 Å². The van der Waals surface area contributed by atoms with Crippen LogP contribution in [0.15, 0.2) is 24.3 Å². The van der Waals surface area contributed by atoms with E-state index in [9.17, 15) is 13.2 Å². The van der Waals surface area contributed by atoms with Crippen molar-refractivity contribution in [3.05, 3.63) is 35.4 Å². The molecule has 0 heterocycles. The highest BCUT2D eigenvalue weighted by molar-refractivity contribution is 7.88. The predicted molar refractivity (Wildman–Crippen MR) is 82.2 cm³/mol. The first kappa shape index (κ1) is 16.0. The van der Waals surface area contributed by atoms with Gasteiger partial charge in [-0.05, 0) is 25.3 Å². The first-order chi connectivity index (χ1) is 9.86. The van der Waals surface area contributed by atoms with Crippen molar-refractivity contribution in [1.29, 1.82) is 0 Å². The summed E-state index contributed by atoms with van der Waals surface area (Å²) in [7, 11) is -3.29. The Balaban J connectivity index is 1.91. The molecule has 1 aliphatic rings. The van der Waals surface area contributed by atoms with Crippen LogP contribution in [0.25, 0.3) is 0 Å². The molecule has 0 atom stereocenters. The van der Waals surface area contributed by atoms with Crippen LogP contribution in [0.2, 0.25) is 0 Å². The normalized spacial score (nSPS) is 15.2. The van der Waals surface area contributed by atoms with Crippen molar-refractivity contribution in [2.75, 3.05) is 19.3 Å². The summed E-state index contributed by atoms with van der Waals surface area (Å²) in [5.41, 5.74) is 2.08. The van der Waals surface area contributed by atoms with Crippen LogP contribution in [-0.2, 0) is 21.4 Å². The molecule has 1 aliphatic carbocycles. The fourth-order valence-electron chi connectivity index (χ4n) is 2.05. The van der Waals surface area contributed by atoms with Crippen molar-refractivity contribution in [3.63, 3.8) is 0 Å². The third-order valence-corrected chi connectivity index (χ3v) is 4.81. The summed E-state index contributed by atoms with van der Waals surface area (Å²) in [6, 6.07) is 7.78. The van der Waals surface area contributed by atoms with E-state index in [0.717, 1.165) is 24.0 Å². The predicted octanol–water partition coefficient (Wildman–Crippen LogP) is 1.28. The molecule has 0 aromatic heterocycles. The highest BCUT2D eigenvalue weighted by Gasteiger charge is 2.29. The number of hydrogen-bond acceptors (Lipinski definition) is 3. The number of aryl methyl sites for hydroxylation is 1. The smallest absolute Gasteiger partial charge is 0.223 e. The van der Waals surface area contributed by atoms with Crippen LogP contribution in [0, 0.1) is 12.8 Å². The average molecular weight is 310 g/mol. The maximum Gasteiger partial charge on any atom is 0.223 e. The molecule has 0 unspecified atom stereocenters. The lowest BCUT2D eigenvalue weighted by atomic mass is 10.1. The highest BCUT2D eigenvalue weighted by atomic mass is 32.2. The molecular formula is C15H22N2O3S. The van der Waals surface area contributed by atoms with Gasteiger partial charge in [-0.3, -0.25) is 4.79 Å². The number of rotatable bonds is 7. The van der Waals surface area contributed by atoms with Crippen LogP contribution in [0.5, 0.6) is 0 Å². The van der Waals surface area contributed by atoms with Crippen molar-refractivity contribution >= 4 is 15.9 Å². The van der Waals surface area contributed by atoms with Crippen molar-refractivity contribution in [3.8, 4) is 0 Å². The second-order valence-corrected chi connectivity index (χ2v) is 7.63. The number of amides is 1. The van der Waals surface area contributed by atoms with Gasteiger partial charge in [0.25, 0.3) is 0 Å². The Hall–Kier alpha value is -1.40. The van der Waals surface area contributed by atoms with Crippen molar-refractivity contribution in [2.24, 2.45) is 5.92 Å². The standard InChI is InChI=1S/C15H22N2O3S/c1-12-3-5-13(6-4-12)11-17(21(2,19)20)10-9-16-15(18)14-7-8-14/h3-6,14H,7-11H2,1-2H3,(H,16,18). The monoisotopic (exact) mass is 310 g/mol. The summed E-state index contributed by atoms with van der Waals surface area (Å²) in [4.78, 5) is 11.6. The first-order valence-corrected chi connectivity index (χ1v) is 8.99.